The van der Waals surface area contributed by atoms with Crippen LogP contribution in [0.2, 0.25) is 0 Å². The van der Waals surface area contributed by atoms with E-state index in [4.69, 9.17) is 0 Å². The monoisotopic (exact) mass is 438 g/mol. The Morgan fingerprint density at radius 2 is 2.03 bits per heavy atom. The Hall–Kier alpha value is -2.17. The number of carboxylic acid groups (broad SMARTS) is 1. The van der Waals surface area contributed by atoms with Gasteiger partial charge in [0.15, 0.2) is 0 Å². The standard InChI is InChI=1S/C28H38O4/c1-3-5-15-28(32,4-2)16-9-14-24-25-18-20(17-22(25)19-26(24)29)10-8-12-21-11-6-7-13-23(21)27(30)31/h4,6-7,9,11,13-14,17,22,24-26,29,32H,2-3,5,8,10,12,15-16,18-19H2,1H3,(H,30,31)/t22-,24+,25+,26+,28?/m1/s1. The van der Waals surface area contributed by atoms with E-state index >= 15 is 0 Å². The van der Waals surface area contributed by atoms with E-state index in [1.54, 1.807) is 18.2 Å². The third kappa shape index (κ3) is 5.99. The largest absolute Gasteiger partial charge is 0.478 e. The van der Waals surface area contributed by atoms with Crippen LogP contribution in [-0.4, -0.2) is 33.0 Å². The van der Waals surface area contributed by atoms with Crippen molar-refractivity contribution in [3.8, 4) is 0 Å². The van der Waals surface area contributed by atoms with Crippen molar-refractivity contribution in [3.05, 3.63) is 71.8 Å². The van der Waals surface area contributed by atoms with Crippen LogP contribution in [0.3, 0.4) is 0 Å². The molecule has 4 nitrogen and oxygen atoms in total. The number of aliphatic hydroxyl groups excluding tert-OH is 1. The number of aryl methyl sites for hydroxylation is 1. The molecule has 0 spiro atoms. The van der Waals surface area contributed by atoms with Gasteiger partial charge in [0.2, 0.25) is 0 Å². The first-order chi connectivity index (χ1) is 15.4. The minimum Gasteiger partial charge on any atom is -0.478 e. The van der Waals surface area contributed by atoms with Gasteiger partial charge in [-0.2, -0.15) is 0 Å². The van der Waals surface area contributed by atoms with Crippen molar-refractivity contribution in [1.29, 1.82) is 0 Å². The van der Waals surface area contributed by atoms with Gasteiger partial charge in [0, 0.05) is 5.92 Å². The van der Waals surface area contributed by atoms with E-state index in [0.717, 1.165) is 50.5 Å². The number of unbranched alkanes of at least 4 members (excludes halogenated alkanes) is 1. The van der Waals surface area contributed by atoms with E-state index in [1.165, 1.54) is 5.57 Å². The lowest BCUT2D eigenvalue weighted by atomic mass is 9.87. The fourth-order valence-corrected chi connectivity index (χ4v) is 5.44. The molecule has 4 heteroatoms. The van der Waals surface area contributed by atoms with Crippen LogP contribution >= 0.6 is 0 Å². The van der Waals surface area contributed by atoms with Gasteiger partial charge in [-0.3, -0.25) is 0 Å². The van der Waals surface area contributed by atoms with Crippen molar-refractivity contribution < 1.29 is 20.1 Å². The summed E-state index contributed by atoms with van der Waals surface area (Å²) in [5.74, 6) is 0.105. The molecule has 2 aliphatic rings. The maximum atomic E-state index is 11.4. The van der Waals surface area contributed by atoms with Crippen LogP contribution < -0.4 is 0 Å². The molecule has 1 unspecified atom stereocenters. The number of hydrogen-bond donors (Lipinski definition) is 3. The first kappa shape index (κ1) is 24.5. The van der Waals surface area contributed by atoms with Crippen LogP contribution in [0.25, 0.3) is 0 Å². The smallest absolute Gasteiger partial charge is 0.335 e. The zero-order valence-electron chi connectivity index (χ0n) is 19.2. The Balaban J connectivity index is 1.52. The first-order valence-corrected chi connectivity index (χ1v) is 12.1. The summed E-state index contributed by atoms with van der Waals surface area (Å²) in [7, 11) is 0. The molecule has 1 aromatic rings. The zero-order valence-corrected chi connectivity index (χ0v) is 19.2. The lowest BCUT2D eigenvalue weighted by Gasteiger charge is -2.23. The number of aliphatic hydroxyl groups is 2. The molecule has 3 N–H and O–H groups in total. The molecular weight excluding hydrogens is 400 g/mol. The summed E-state index contributed by atoms with van der Waals surface area (Å²) >= 11 is 0. The van der Waals surface area contributed by atoms with Crippen molar-refractivity contribution in [3.63, 3.8) is 0 Å². The number of aromatic carboxylic acids is 1. The van der Waals surface area contributed by atoms with E-state index in [1.807, 2.05) is 18.2 Å². The molecule has 0 saturated heterocycles. The molecule has 5 atom stereocenters. The number of hydrogen-bond acceptors (Lipinski definition) is 3. The van der Waals surface area contributed by atoms with E-state index in [-0.39, 0.29) is 12.0 Å². The van der Waals surface area contributed by atoms with Gasteiger partial charge in [0.1, 0.15) is 0 Å². The van der Waals surface area contributed by atoms with Crippen LogP contribution in [0.5, 0.6) is 0 Å². The molecule has 0 heterocycles. The number of carboxylic acids is 1. The fraction of sp³-hybridized carbons (Fsp3) is 0.536. The summed E-state index contributed by atoms with van der Waals surface area (Å²) in [6, 6.07) is 7.25. The van der Waals surface area contributed by atoms with Crippen molar-refractivity contribution in [2.75, 3.05) is 0 Å². The highest BCUT2D eigenvalue weighted by Gasteiger charge is 2.43. The van der Waals surface area contributed by atoms with Gasteiger partial charge in [-0.15, -0.1) is 6.58 Å². The first-order valence-electron chi connectivity index (χ1n) is 12.1. The zero-order chi connectivity index (χ0) is 23.1. The second-order valence-electron chi connectivity index (χ2n) is 9.60. The van der Waals surface area contributed by atoms with Crippen LogP contribution in [0.15, 0.2) is 60.7 Å². The van der Waals surface area contributed by atoms with Gasteiger partial charge >= 0.3 is 5.97 Å². The van der Waals surface area contributed by atoms with Gasteiger partial charge < -0.3 is 15.3 Å². The van der Waals surface area contributed by atoms with Crippen molar-refractivity contribution in [2.45, 2.75) is 76.4 Å². The Morgan fingerprint density at radius 1 is 1.25 bits per heavy atom. The van der Waals surface area contributed by atoms with Crippen LogP contribution in [0, 0.1) is 17.8 Å². The summed E-state index contributed by atoms with van der Waals surface area (Å²) in [4.78, 5) is 11.4. The maximum Gasteiger partial charge on any atom is 0.335 e. The highest BCUT2D eigenvalue weighted by atomic mass is 16.4. The molecule has 1 fully saturated rings. The Kier molecular flexibility index (Phi) is 8.50. The molecule has 32 heavy (non-hydrogen) atoms. The molecule has 1 saturated carbocycles. The highest BCUT2D eigenvalue weighted by molar-refractivity contribution is 5.89. The van der Waals surface area contributed by atoms with Crippen LogP contribution in [-0.2, 0) is 6.42 Å². The lowest BCUT2D eigenvalue weighted by Crippen LogP contribution is -2.24. The van der Waals surface area contributed by atoms with Gasteiger partial charge in [-0.25, -0.2) is 4.79 Å². The molecule has 3 rings (SSSR count). The highest BCUT2D eigenvalue weighted by Crippen LogP contribution is 2.48. The van der Waals surface area contributed by atoms with Crippen molar-refractivity contribution in [1.82, 2.24) is 0 Å². The summed E-state index contributed by atoms with van der Waals surface area (Å²) in [6.07, 6.45) is 15.6. The summed E-state index contributed by atoms with van der Waals surface area (Å²) in [6.45, 7) is 5.92. The van der Waals surface area contributed by atoms with Gasteiger partial charge in [0.25, 0.3) is 0 Å². The van der Waals surface area contributed by atoms with E-state index in [2.05, 4.69) is 25.7 Å². The minimum absolute atomic E-state index is 0.127. The van der Waals surface area contributed by atoms with Crippen molar-refractivity contribution >= 4 is 5.97 Å². The number of fused-ring (bicyclic) bond motifs is 1. The molecule has 2 aliphatic carbocycles. The second-order valence-corrected chi connectivity index (χ2v) is 9.60. The average Bonchev–Trinajstić information content (AvgIpc) is 3.29. The number of carbonyl (C=O) groups is 1. The quantitative estimate of drug-likeness (QED) is 0.366. The third-order valence-corrected chi connectivity index (χ3v) is 7.31. The molecule has 0 radical (unpaired) electrons. The molecule has 0 bridgehead atoms. The minimum atomic E-state index is -0.864. The Bertz CT molecular complexity index is 855. The van der Waals surface area contributed by atoms with Crippen LogP contribution in [0.4, 0.5) is 0 Å². The van der Waals surface area contributed by atoms with Crippen LogP contribution in [0.1, 0.15) is 74.2 Å². The predicted molar refractivity (Wildman–Crippen MR) is 129 cm³/mol. The molecule has 1 aromatic carbocycles. The molecular formula is C28H38O4. The SMILES string of the molecule is C=CC(O)(CC=C[C@H]1[C@H]2CC(CCCc3ccccc3C(=O)O)=C[C@@H]2C[C@@H]1O)CCCC. The van der Waals surface area contributed by atoms with E-state index in [9.17, 15) is 20.1 Å². The Morgan fingerprint density at radius 3 is 2.75 bits per heavy atom. The average molecular weight is 439 g/mol. The Labute approximate surface area is 192 Å². The molecule has 174 valence electrons. The lowest BCUT2D eigenvalue weighted by molar-refractivity contribution is 0.0695. The fourth-order valence-electron chi connectivity index (χ4n) is 5.44. The van der Waals surface area contributed by atoms with Gasteiger partial charge in [-0.05, 0) is 68.4 Å². The number of benzene rings is 1. The normalized spacial score (nSPS) is 26.7. The topological polar surface area (TPSA) is 77.8 Å². The third-order valence-electron chi connectivity index (χ3n) is 7.31. The molecule has 0 aliphatic heterocycles. The van der Waals surface area contributed by atoms with Gasteiger partial charge in [0.05, 0.1) is 17.3 Å². The summed E-state index contributed by atoms with van der Waals surface area (Å²) in [5, 5.41) is 30.6. The summed E-state index contributed by atoms with van der Waals surface area (Å²) < 4.78 is 0. The molecule has 0 aromatic heterocycles. The van der Waals surface area contributed by atoms with E-state index in [0.29, 0.717) is 30.2 Å². The molecule has 0 amide bonds. The van der Waals surface area contributed by atoms with E-state index < -0.39 is 11.6 Å². The summed E-state index contributed by atoms with van der Waals surface area (Å²) in [5.41, 5.74) is 1.87. The predicted octanol–water partition coefficient (Wildman–Crippen LogP) is 5.70. The number of rotatable bonds is 12. The van der Waals surface area contributed by atoms with Gasteiger partial charge in [-0.1, -0.05) is 67.8 Å². The maximum absolute atomic E-state index is 11.4. The van der Waals surface area contributed by atoms with Crippen molar-refractivity contribution in [2.24, 2.45) is 17.8 Å². The second kappa shape index (κ2) is 11.1. The number of allylic oxidation sites excluding steroid dienone is 2.